The summed E-state index contributed by atoms with van der Waals surface area (Å²) in [6.07, 6.45) is 108. The van der Waals surface area contributed by atoms with Crippen LogP contribution in [-0.2, 0) is 14.3 Å². The summed E-state index contributed by atoms with van der Waals surface area (Å²) in [7, 11) is 0. The highest BCUT2D eigenvalue weighted by molar-refractivity contribution is 5.76. The van der Waals surface area contributed by atoms with E-state index in [1.54, 1.807) is 0 Å². The van der Waals surface area contributed by atoms with Crippen molar-refractivity contribution in [3.8, 4) is 0 Å². The number of rotatable bonds is 79. The van der Waals surface area contributed by atoms with Crippen LogP contribution in [0.3, 0.4) is 0 Å². The van der Waals surface area contributed by atoms with E-state index in [4.69, 9.17) is 4.74 Å². The van der Waals surface area contributed by atoms with E-state index in [9.17, 15) is 19.8 Å². The molecule has 0 saturated heterocycles. The standard InChI is InChI=1S/C86H163NO5/c1-3-5-7-9-11-13-15-17-19-21-22-23-37-40-43-47-50-54-58-62-66-70-74-78-84(89)83(82-88)87-85(90)79-75-71-67-63-59-55-51-48-44-41-38-35-33-31-29-27-25-24-26-28-30-32-34-36-39-42-45-49-53-57-61-65-69-73-77-81-92-86(91)80-76-72-68-64-60-56-52-46-20-18-16-14-12-10-8-6-4-2/h12,14,18,20,26,28,32,34,83-84,88-89H,3-11,13,15-17,19,21-25,27,29-31,33,35-82H2,1-2H3,(H,87,90)/b14-12-,20-18-,28-26-,34-32-. The number of carbonyl (C=O) groups is 2. The number of unbranched alkanes of at least 4 members (excludes halogenated alkanes) is 60. The molecule has 0 bridgehead atoms. The lowest BCUT2D eigenvalue weighted by atomic mass is 10.0. The van der Waals surface area contributed by atoms with Crippen LogP contribution in [0.5, 0.6) is 0 Å². The van der Waals surface area contributed by atoms with Gasteiger partial charge in [0.2, 0.25) is 5.91 Å². The maximum atomic E-state index is 12.6. The Kier molecular flexibility index (Phi) is 79.3. The van der Waals surface area contributed by atoms with E-state index in [1.165, 1.54) is 372 Å². The van der Waals surface area contributed by atoms with Crippen molar-refractivity contribution >= 4 is 11.9 Å². The number of esters is 1. The molecule has 6 heteroatoms. The summed E-state index contributed by atoms with van der Waals surface area (Å²) in [5.74, 6) is -0.0177. The van der Waals surface area contributed by atoms with Crippen LogP contribution in [0.15, 0.2) is 48.6 Å². The van der Waals surface area contributed by atoms with E-state index in [2.05, 4.69) is 67.8 Å². The highest BCUT2D eigenvalue weighted by Gasteiger charge is 2.20. The van der Waals surface area contributed by atoms with Crippen LogP contribution in [0.2, 0.25) is 0 Å². The van der Waals surface area contributed by atoms with Crippen molar-refractivity contribution in [1.82, 2.24) is 5.32 Å². The maximum Gasteiger partial charge on any atom is 0.305 e. The molecule has 0 aromatic carbocycles. The van der Waals surface area contributed by atoms with Gasteiger partial charge in [-0.3, -0.25) is 9.59 Å². The van der Waals surface area contributed by atoms with Crippen molar-refractivity contribution in [2.45, 2.75) is 475 Å². The van der Waals surface area contributed by atoms with Gasteiger partial charge in [-0.2, -0.15) is 0 Å². The van der Waals surface area contributed by atoms with Crippen molar-refractivity contribution in [3.05, 3.63) is 48.6 Å². The second-order valence-corrected chi connectivity index (χ2v) is 28.8. The molecule has 2 atom stereocenters. The molecule has 0 aliphatic carbocycles. The Hall–Kier alpha value is -2.18. The van der Waals surface area contributed by atoms with Crippen LogP contribution in [0.4, 0.5) is 0 Å². The number of allylic oxidation sites excluding steroid dienone is 8. The SMILES string of the molecule is CCCCC/C=C\C/C=C\CCCCCCCCCC(=O)OCCCCCCCCCCCCC/C=C\C/C=C\CCCCCCCCCCCCCCCCCCCC(=O)NC(CO)C(O)CCCCCCCCCCCCCCCCCCCCCCCCC. The molecule has 0 radical (unpaired) electrons. The minimum absolute atomic E-state index is 0.00962. The molecule has 0 aliphatic rings. The summed E-state index contributed by atoms with van der Waals surface area (Å²) in [6.45, 7) is 4.97. The quantitative estimate of drug-likeness (QED) is 0.0320. The highest BCUT2D eigenvalue weighted by Crippen LogP contribution is 2.20. The molecular weight excluding hydrogens is 1130 g/mol. The lowest BCUT2D eigenvalue weighted by Crippen LogP contribution is -2.45. The molecule has 1 amide bonds. The van der Waals surface area contributed by atoms with Crippen molar-refractivity contribution in [2.24, 2.45) is 0 Å². The maximum absolute atomic E-state index is 12.6. The topological polar surface area (TPSA) is 95.9 Å². The minimum atomic E-state index is -0.665. The summed E-state index contributed by atoms with van der Waals surface area (Å²) in [6, 6.07) is -0.542. The highest BCUT2D eigenvalue weighted by atomic mass is 16.5. The fourth-order valence-corrected chi connectivity index (χ4v) is 13.2. The van der Waals surface area contributed by atoms with Gasteiger partial charge in [-0.15, -0.1) is 0 Å². The predicted octanol–water partition coefficient (Wildman–Crippen LogP) is 27.9. The van der Waals surface area contributed by atoms with Gasteiger partial charge in [0.25, 0.3) is 0 Å². The first-order valence-corrected chi connectivity index (χ1v) is 41.9. The van der Waals surface area contributed by atoms with Crippen LogP contribution < -0.4 is 5.32 Å². The lowest BCUT2D eigenvalue weighted by Gasteiger charge is -2.22. The van der Waals surface area contributed by atoms with Crippen molar-refractivity contribution < 1.29 is 24.5 Å². The van der Waals surface area contributed by atoms with E-state index in [1.807, 2.05) is 0 Å². The number of aliphatic hydroxyl groups excluding tert-OH is 2. The Bertz CT molecular complexity index is 1540. The fourth-order valence-electron chi connectivity index (χ4n) is 13.2. The van der Waals surface area contributed by atoms with Gasteiger partial charge in [0.1, 0.15) is 0 Å². The van der Waals surface area contributed by atoms with E-state index in [0.29, 0.717) is 25.9 Å². The number of ether oxygens (including phenoxy) is 1. The third-order valence-electron chi connectivity index (χ3n) is 19.6. The van der Waals surface area contributed by atoms with E-state index < -0.39 is 12.1 Å². The number of hydrogen-bond acceptors (Lipinski definition) is 5. The molecule has 0 saturated carbocycles. The Morgan fingerprint density at radius 2 is 0.543 bits per heavy atom. The summed E-state index contributed by atoms with van der Waals surface area (Å²) >= 11 is 0. The molecule has 0 fully saturated rings. The van der Waals surface area contributed by atoms with Crippen LogP contribution >= 0.6 is 0 Å². The van der Waals surface area contributed by atoms with Gasteiger partial charge < -0.3 is 20.3 Å². The Morgan fingerprint density at radius 1 is 0.304 bits per heavy atom. The fraction of sp³-hybridized carbons (Fsp3) is 0.884. The van der Waals surface area contributed by atoms with Gasteiger partial charge >= 0.3 is 5.97 Å². The normalized spacial score (nSPS) is 12.7. The van der Waals surface area contributed by atoms with E-state index >= 15 is 0 Å². The van der Waals surface area contributed by atoms with E-state index in [-0.39, 0.29) is 18.5 Å². The first-order valence-electron chi connectivity index (χ1n) is 41.9. The van der Waals surface area contributed by atoms with E-state index in [0.717, 1.165) is 57.8 Å². The average molecular weight is 1290 g/mol. The molecule has 0 aromatic heterocycles. The lowest BCUT2D eigenvalue weighted by molar-refractivity contribution is -0.143. The molecular formula is C86H163NO5. The summed E-state index contributed by atoms with van der Waals surface area (Å²) in [5, 5.41) is 23.5. The van der Waals surface area contributed by atoms with Gasteiger partial charge in [0, 0.05) is 12.8 Å². The first kappa shape index (κ1) is 89.8. The molecule has 92 heavy (non-hydrogen) atoms. The zero-order chi connectivity index (χ0) is 66.3. The summed E-state index contributed by atoms with van der Waals surface area (Å²) in [4.78, 5) is 24.7. The number of carbonyl (C=O) groups excluding carboxylic acids is 2. The molecule has 0 aliphatic heterocycles. The molecule has 6 nitrogen and oxygen atoms in total. The Balaban J connectivity index is 3.37. The van der Waals surface area contributed by atoms with Gasteiger partial charge in [-0.25, -0.2) is 0 Å². The molecule has 542 valence electrons. The average Bonchev–Trinajstić information content (AvgIpc) is 3.62. The third-order valence-corrected chi connectivity index (χ3v) is 19.6. The Labute approximate surface area is 576 Å². The molecule has 2 unspecified atom stereocenters. The smallest absolute Gasteiger partial charge is 0.305 e. The van der Waals surface area contributed by atoms with Crippen LogP contribution in [0, 0.1) is 0 Å². The minimum Gasteiger partial charge on any atom is -0.466 e. The predicted molar refractivity (Wildman–Crippen MR) is 407 cm³/mol. The first-order chi connectivity index (χ1) is 45.5. The molecule has 0 spiro atoms. The largest absolute Gasteiger partial charge is 0.466 e. The number of aliphatic hydroxyl groups is 2. The van der Waals surface area contributed by atoms with Crippen LogP contribution in [-0.4, -0.2) is 47.4 Å². The van der Waals surface area contributed by atoms with Crippen LogP contribution in [0.25, 0.3) is 0 Å². The number of nitrogens with one attached hydrogen (secondary N) is 1. The molecule has 0 heterocycles. The van der Waals surface area contributed by atoms with Gasteiger partial charge in [0.05, 0.1) is 25.4 Å². The molecule has 0 aromatic rings. The van der Waals surface area contributed by atoms with Gasteiger partial charge in [0.15, 0.2) is 0 Å². The third kappa shape index (κ3) is 76.8. The van der Waals surface area contributed by atoms with Crippen molar-refractivity contribution in [1.29, 1.82) is 0 Å². The zero-order valence-corrected chi connectivity index (χ0v) is 62.3. The monoisotopic (exact) mass is 1290 g/mol. The Morgan fingerprint density at radius 3 is 0.848 bits per heavy atom. The second kappa shape index (κ2) is 81.2. The number of hydrogen-bond donors (Lipinski definition) is 3. The van der Waals surface area contributed by atoms with Gasteiger partial charge in [-0.05, 0) is 89.9 Å². The van der Waals surface area contributed by atoms with Crippen molar-refractivity contribution in [3.63, 3.8) is 0 Å². The van der Waals surface area contributed by atoms with Crippen LogP contribution in [0.1, 0.15) is 463 Å². The van der Waals surface area contributed by atoms with Gasteiger partial charge in [-0.1, -0.05) is 409 Å². The summed E-state index contributed by atoms with van der Waals surface area (Å²) in [5.41, 5.74) is 0. The number of amides is 1. The zero-order valence-electron chi connectivity index (χ0n) is 62.3. The summed E-state index contributed by atoms with van der Waals surface area (Å²) < 4.78 is 5.50. The second-order valence-electron chi connectivity index (χ2n) is 28.8. The molecule has 0 rings (SSSR count). The molecule has 3 N–H and O–H groups in total. The van der Waals surface area contributed by atoms with Crippen molar-refractivity contribution in [2.75, 3.05) is 13.2 Å².